The molecule has 16 heavy (non-hydrogen) atoms. The van der Waals surface area contributed by atoms with Gasteiger partial charge < -0.3 is 5.32 Å². The van der Waals surface area contributed by atoms with Gasteiger partial charge in [0.15, 0.2) is 0 Å². The van der Waals surface area contributed by atoms with Gasteiger partial charge in [-0.2, -0.15) is 0 Å². The van der Waals surface area contributed by atoms with Crippen molar-refractivity contribution in [2.75, 3.05) is 5.32 Å². The molecule has 0 fully saturated rings. The average Bonchev–Trinajstić information content (AvgIpc) is 2.27. The summed E-state index contributed by atoms with van der Waals surface area (Å²) in [4.78, 5) is 0. The molecule has 0 aromatic heterocycles. The van der Waals surface area contributed by atoms with Crippen LogP contribution in [0.2, 0.25) is 10.0 Å². The third-order valence-electron chi connectivity index (χ3n) is 2.24. The summed E-state index contributed by atoms with van der Waals surface area (Å²) in [5, 5.41) is 4.43. The summed E-state index contributed by atoms with van der Waals surface area (Å²) >= 11 is 15.5. The third kappa shape index (κ3) is 3.69. The van der Waals surface area contributed by atoms with Gasteiger partial charge in [0.1, 0.15) is 0 Å². The van der Waals surface area contributed by atoms with E-state index < -0.39 is 0 Å². The molecule has 1 atom stereocenters. The lowest BCUT2D eigenvalue weighted by molar-refractivity contribution is 0.719. The van der Waals surface area contributed by atoms with Crippen LogP contribution in [0.15, 0.2) is 29.3 Å². The van der Waals surface area contributed by atoms with Crippen molar-refractivity contribution < 1.29 is 0 Å². The van der Waals surface area contributed by atoms with Crippen LogP contribution < -0.4 is 5.32 Å². The Labute approximate surface area is 115 Å². The molecule has 0 aliphatic rings. The van der Waals surface area contributed by atoms with E-state index >= 15 is 0 Å². The molecular weight excluding hydrogens is 309 g/mol. The summed E-state index contributed by atoms with van der Waals surface area (Å²) in [5.74, 6) is 0. The first-order valence-electron chi connectivity index (χ1n) is 5.07. The SMILES string of the molecule is C=CCCC(C)Nc1ccc(Br)c(Cl)c1Cl. The number of hydrogen-bond acceptors (Lipinski definition) is 1. The normalized spacial score (nSPS) is 12.2. The number of rotatable bonds is 5. The van der Waals surface area contributed by atoms with E-state index in [-0.39, 0.29) is 0 Å². The highest BCUT2D eigenvalue weighted by atomic mass is 79.9. The van der Waals surface area contributed by atoms with Crippen LogP contribution in [-0.2, 0) is 0 Å². The Morgan fingerprint density at radius 3 is 2.75 bits per heavy atom. The van der Waals surface area contributed by atoms with E-state index in [4.69, 9.17) is 23.2 Å². The largest absolute Gasteiger partial charge is 0.381 e. The van der Waals surface area contributed by atoms with Crippen molar-refractivity contribution >= 4 is 44.8 Å². The van der Waals surface area contributed by atoms with Crippen molar-refractivity contribution in [2.24, 2.45) is 0 Å². The van der Waals surface area contributed by atoms with Crippen LogP contribution in [-0.4, -0.2) is 6.04 Å². The first-order chi connectivity index (χ1) is 7.56. The smallest absolute Gasteiger partial charge is 0.0835 e. The van der Waals surface area contributed by atoms with Crippen LogP contribution in [0.3, 0.4) is 0 Å². The number of anilines is 1. The number of halogens is 3. The molecule has 1 aromatic carbocycles. The van der Waals surface area contributed by atoms with E-state index in [0.29, 0.717) is 16.1 Å². The minimum Gasteiger partial charge on any atom is -0.381 e. The zero-order valence-electron chi connectivity index (χ0n) is 9.06. The van der Waals surface area contributed by atoms with Gasteiger partial charge in [0.25, 0.3) is 0 Å². The standard InChI is InChI=1S/C12H14BrCl2N/c1-3-4-5-8(2)16-10-7-6-9(13)11(14)12(10)15/h3,6-8,16H,1,4-5H2,2H3. The van der Waals surface area contributed by atoms with Crippen LogP contribution in [0, 0.1) is 0 Å². The lowest BCUT2D eigenvalue weighted by Gasteiger charge is -2.16. The van der Waals surface area contributed by atoms with E-state index in [1.807, 2.05) is 18.2 Å². The zero-order chi connectivity index (χ0) is 12.1. The Morgan fingerprint density at radius 1 is 1.44 bits per heavy atom. The quantitative estimate of drug-likeness (QED) is 0.555. The van der Waals surface area contributed by atoms with E-state index in [0.717, 1.165) is 23.0 Å². The van der Waals surface area contributed by atoms with E-state index in [9.17, 15) is 0 Å². The van der Waals surface area contributed by atoms with Crippen LogP contribution in [0.1, 0.15) is 19.8 Å². The summed E-state index contributed by atoms with van der Waals surface area (Å²) in [5.41, 5.74) is 0.867. The topological polar surface area (TPSA) is 12.0 Å². The predicted octanol–water partition coefficient (Wildman–Crippen LogP) is 5.52. The minimum absolute atomic E-state index is 0.341. The second-order valence-corrected chi connectivity index (χ2v) is 5.24. The monoisotopic (exact) mass is 321 g/mol. The Morgan fingerprint density at radius 2 is 2.12 bits per heavy atom. The first kappa shape index (κ1) is 13.9. The molecule has 0 radical (unpaired) electrons. The Bertz CT molecular complexity index is 380. The van der Waals surface area contributed by atoms with Crippen molar-refractivity contribution in [1.29, 1.82) is 0 Å². The van der Waals surface area contributed by atoms with E-state index in [1.54, 1.807) is 0 Å². The maximum Gasteiger partial charge on any atom is 0.0835 e. The molecule has 0 spiro atoms. The number of nitrogens with one attached hydrogen (secondary N) is 1. The maximum atomic E-state index is 6.13. The van der Waals surface area contributed by atoms with Gasteiger partial charge in [-0.3, -0.25) is 0 Å². The summed E-state index contributed by atoms with van der Waals surface area (Å²) in [7, 11) is 0. The van der Waals surface area contributed by atoms with E-state index in [1.165, 1.54) is 0 Å². The minimum atomic E-state index is 0.341. The van der Waals surface area contributed by atoms with Gasteiger partial charge in [-0.1, -0.05) is 29.3 Å². The van der Waals surface area contributed by atoms with Crippen LogP contribution in [0.4, 0.5) is 5.69 Å². The zero-order valence-corrected chi connectivity index (χ0v) is 12.2. The molecule has 0 amide bonds. The van der Waals surface area contributed by atoms with Gasteiger partial charge in [0.05, 0.1) is 15.7 Å². The molecule has 1 unspecified atom stereocenters. The van der Waals surface area contributed by atoms with Crippen molar-refractivity contribution in [3.05, 3.63) is 39.3 Å². The molecule has 4 heteroatoms. The van der Waals surface area contributed by atoms with Crippen molar-refractivity contribution in [3.63, 3.8) is 0 Å². The third-order valence-corrected chi connectivity index (χ3v) is 4.01. The van der Waals surface area contributed by atoms with Gasteiger partial charge in [0.2, 0.25) is 0 Å². The van der Waals surface area contributed by atoms with Gasteiger partial charge in [-0.15, -0.1) is 6.58 Å². The van der Waals surface area contributed by atoms with Gasteiger partial charge in [0, 0.05) is 10.5 Å². The van der Waals surface area contributed by atoms with Gasteiger partial charge >= 0.3 is 0 Å². The lowest BCUT2D eigenvalue weighted by Crippen LogP contribution is -2.14. The van der Waals surface area contributed by atoms with Crippen molar-refractivity contribution in [1.82, 2.24) is 0 Å². The summed E-state index contributed by atoms with van der Waals surface area (Å²) in [6, 6.07) is 4.15. The highest BCUT2D eigenvalue weighted by molar-refractivity contribution is 9.10. The van der Waals surface area contributed by atoms with Crippen LogP contribution in [0.25, 0.3) is 0 Å². The van der Waals surface area contributed by atoms with Crippen molar-refractivity contribution in [3.8, 4) is 0 Å². The highest BCUT2D eigenvalue weighted by Gasteiger charge is 2.10. The fourth-order valence-electron chi connectivity index (χ4n) is 1.34. The molecule has 0 saturated heterocycles. The molecule has 88 valence electrons. The second kappa shape index (κ2) is 6.53. The van der Waals surface area contributed by atoms with Crippen LogP contribution in [0.5, 0.6) is 0 Å². The number of benzene rings is 1. The van der Waals surface area contributed by atoms with Crippen LogP contribution >= 0.6 is 39.1 Å². The second-order valence-electron chi connectivity index (χ2n) is 3.63. The Balaban J connectivity index is 2.74. The van der Waals surface area contributed by atoms with Gasteiger partial charge in [-0.25, -0.2) is 0 Å². The molecule has 1 nitrogen and oxygen atoms in total. The summed E-state index contributed by atoms with van der Waals surface area (Å²) < 4.78 is 0.809. The molecule has 0 heterocycles. The molecule has 0 aliphatic heterocycles. The van der Waals surface area contributed by atoms with Crippen molar-refractivity contribution in [2.45, 2.75) is 25.8 Å². The van der Waals surface area contributed by atoms with Gasteiger partial charge in [-0.05, 0) is 47.8 Å². The highest BCUT2D eigenvalue weighted by Crippen LogP contribution is 2.36. The Hall–Kier alpha value is -0.180. The molecule has 1 N–H and O–H groups in total. The average molecular weight is 323 g/mol. The first-order valence-corrected chi connectivity index (χ1v) is 6.62. The summed E-state index contributed by atoms with van der Waals surface area (Å²) in [6.07, 6.45) is 3.91. The Kier molecular flexibility index (Phi) is 5.67. The number of hydrogen-bond donors (Lipinski definition) is 1. The molecule has 1 rings (SSSR count). The molecule has 0 aliphatic carbocycles. The fourth-order valence-corrected chi connectivity index (χ4v) is 2.17. The van der Waals surface area contributed by atoms with E-state index in [2.05, 4.69) is 34.7 Å². The summed E-state index contributed by atoms with van der Waals surface area (Å²) in [6.45, 7) is 5.81. The molecule has 0 bridgehead atoms. The molecule has 1 aromatic rings. The fraction of sp³-hybridized carbons (Fsp3) is 0.333. The maximum absolute atomic E-state index is 6.13. The lowest BCUT2D eigenvalue weighted by atomic mass is 10.1. The predicted molar refractivity (Wildman–Crippen MR) is 76.7 cm³/mol. The molecular formula is C12H14BrCl2N. The molecule has 0 saturated carbocycles. The number of allylic oxidation sites excluding steroid dienone is 1.